The number of fused-ring (bicyclic) bond motifs is 1. The smallest absolute Gasteiger partial charge is 0.280 e. The summed E-state index contributed by atoms with van der Waals surface area (Å²) in [6.45, 7) is 1.89. The first-order valence-electron chi connectivity index (χ1n) is 3.45. The molecule has 0 spiro atoms. The van der Waals surface area contributed by atoms with E-state index in [4.69, 9.17) is 4.74 Å². The minimum Gasteiger partial charge on any atom is -0.486 e. The number of aliphatic imine (C=N–C) groups is 1. The molecule has 0 N–H and O–H groups in total. The fourth-order valence-electron chi connectivity index (χ4n) is 1.16. The van der Waals surface area contributed by atoms with Gasteiger partial charge in [0.1, 0.15) is 11.9 Å². The Morgan fingerprint density at radius 2 is 2.45 bits per heavy atom. The van der Waals surface area contributed by atoms with Gasteiger partial charge in [-0.25, -0.2) is 4.99 Å². The zero-order valence-electron chi connectivity index (χ0n) is 6.07. The van der Waals surface area contributed by atoms with Crippen LogP contribution in [0.25, 0.3) is 0 Å². The van der Waals surface area contributed by atoms with Crippen molar-refractivity contribution in [3.63, 3.8) is 0 Å². The van der Waals surface area contributed by atoms with Crippen LogP contribution in [0.4, 0.5) is 0 Å². The number of nitrogens with zero attached hydrogens (tertiary/aromatic N) is 1. The summed E-state index contributed by atoms with van der Waals surface area (Å²) in [6.07, 6.45) is 4.95. The van der Waals surface area contributed by atoms with E-state index in [1.807, 2.05) is 6.92 Å². The molecule has 0 aromatic carbocycles. The van der Waals surface area contributed by atoms with Crippen molar-refractivity contribution < 1.29 is 9.53 Å². The highest BCUT2D eigenvalue weighted by atomic mass is 16.5. The molecule has 1 unspecified atom stereocenters. The van der Waals surface area contributed by atoms with E-state index in [-0.39, 0.29) is 12.0 Å². The highest BCUT2D eigenvalue weighted by Gasteiger charge is 2.25. The SMILES string of the molecule is CC1C=C2C(=O)N=CC=C2O1. The Morgan fingerprint density at radius 1 is 1.64 bits per heavy atom. The molecule has 11 heavy (non-hydrogen) atoms. The van der Waals surface area contributed by atoms with Crippen molar-refractivity contribution in [1.82, 2.24) is 0 Å². The van der Waals surface area contributed by atoms with Crippen molar-refractivity contribution in [2.45, 2.75) is 13.0 Å². The number of hydrogen-bond acceptors (Lipinski definition) is 2. The second-order valence-electron chi connectivity index (χ2n) is 2.52. The molecule has 0 aliphatic carbocycles. The zero-order chi connectivity index (χ0) is 7.84. The van der Waals surface area contributed by atoms with E-state index in [0.717, 1.165) is 0 Å². The summed E-state index contributed by atoms with van der Waals surface area (Å²) in [5.41, 5.74) is 0.597. The van der Waals surface area contributed by atoms with Gasteiger partial charge in [-0.1, -0.05) is 0 Å². The van der Waals surface area contributed by atoms with Crippen molar-refractivity contribution in [1.29, 1.82) is 0 Å². The van der Waals surface area contributed by atoms with Crippen molar-refractivity contribution in [3.05, 3.63) is 23.5 Å². The van der Waals surface area contributed by atoms with E-state index in [2.05, 4.69) is 4.99 Å². The number of rotatable bonds is 0. The lowest BCUT2D eigenvalue weighted by Gasteiger charge is -2.05. The lowest BCUT2D eigenvalue weighted by Crippen LogP contribution is -2.04. The molecule has 2 heterocycles. The maximum Gasteiger partial charge on any atom is 0.280 e. The number of amides is 1. The number of dihydropyridines is 1. The summed E-state index contributed by atoms with van der Waals surface area (Å²) < 4.78 is 5.29. The summed E-state index contributed by atoms with van der Waals surface area (Å²) in [6, 6.07) is 0. The van der Waals surface area contributed by atoms with Crippen LogP contribution in [0.15, 0.2) is 28.5 Å². The molecular weight excluding hydrogens is 142 g/mol. The summed E-state index contributed by atoms with van der Waals surface area (Å²) in [5.74, 6) is 0.448. The molecule has 3 nitrogen and oxygen atoms in total. The number of allylic oxidation sites excluding steroid dienone is 1. The molecule has 3 heteroatoms. The zero-order valence-corrected chi connectivity index (χ0v) is 6.07. The summed E-state index contributed by atoms with van der Waals surface area (Å²) >= 11 is 0. The third-order valence-electron chi connectivity index (χ3n) is 1.63. The number of hydrogen-bond donors (Lipinski definition) is 0. The third kappa shape index (κ3) is 0.888. The third-order valence-corrected chi connectivity index (χ3v) is 1.63. The van der Waals surface area contributed by atoms with Crippen molar-refractivity contribution >= 4 is 12.1 Å². The molecule has 0 bridgehead atoms. The maximum atomic E-state index is 11.0. The normalized spacial score (nSPS) is 27.4. The van der Waals surface area contributed by atoms with Gasteiger partial charge in [-0.2, -0.15) is 0 Å². The minimum atomic E-state index is -0.202. The standard InChI is InChI=1S/C8H7NO2/c1-5-4-6-7(11-5)2-3-9-8(6)10/h2-5H,1H3. The lowest BCUT2D eigenvalue weighted by molar-refractivity contribution is -0.114. The predicted octanol–water partition coefficient (Wildman–Crippen LogP) is 0.826. The van der Waals surface area contributed by atoms with Gasteiger partial charge in [-0.05, 0) is 19.1 Å². The van der Waals surface area contributed by atoms with Gasteiger partial charge in [0, 0.05) is 6.21 Å². The van der Waals surface area contributed by atoms with Crippen molar-refractivity contribution in [3.8, 4) is 0 Å². The van der Waals surface area contributed by atoms with Crippen molar-refractivity contribution in [2.75, 3.05) is 0 Å². The first kappa shape index (κ1) is 6.34. The molecule has 0 saturated carbocycles. The van der Waals surface area contributed by atoms with Gasteiger partial charge in [-0.3, -0.25) is 4.79 Å². The fraction of sp³-hybridized carbons (Fsp3) is 0.250. The van der Waals surface area contributed by atoms with Gasteiger partial charge in [0.05, 0.1) is 5.57 Å². The average molecular weight is 149 g/mol. The van der Waals surface area contributed by atoms with Crippen LogP contribution >= 0.6 is 0 Å². The van der Waals surface area contributed by atoms with E-state index in [0.29, 0.717) is 11.3 Å². The van der Waals surface area contributed by atoms with Gasteiger partial charge in [0.25, 0.3) is 5.91 Å². The van der Waals surface area contributed by atoms with Gasteiger partial charge in [0.2, 0.25) is 0 Å². The lowest BCUT2D eigenvalue weighted by atomic mass is 10.1. The van der Waals surface area contributed by atoms with Crippen LogP contribution in [-0.4, -0.2) is 18.2 Å². The predicted molar refractivity (Wildman–Crippen MR) is 40.2 cm³/mol. The molecule has 56 valence electrons. The van der Waals surface area contributed by atoms with E-state index in [1.165, 1.54) is 6.21 Å². The Balaban J connectivity index is 2.44. The molecule has 2 aliphatic heterocycles. The molecule has 1 atom stereocenters. The number of ether oxygens (including phenoxy) is 1. The van der Waals surface area contributed by atoms with Crippen LogP contribution in [0.1, 0.15) is 6.92 Å². The van der Waals surface area contributed by atoms with Gasteiger partial charge in [0.15, 0.2) is 0 Å². The molecule has 2 rings (SSSR count). The largest absolute Gasteiger partial charge is 0.486 e. The van der Waals surface area contributed by atoms with E-state index >= 15 is 0 Å². The number of carbonyl (C=O) groups is 1. The second kappa shape index (κ2) is 2.05. The Bertz CT molecular complexity index is 299. The van der Waals surface area contributed by atoms with Gasteiger partial charge in [-0.15, -0.1) is 0 Å². The molecule has 0 fully saturated rings. The summed E-state index contributed by atoms with van der Waals surface area (Å²) in [7, 11) is 0. The van der Waals surface area contributed by atoms with Crippen LogP contribution < -0.4 is 0 Å². The van der Waals surface area contributed by atoms with Crippen LogP contribution in [0.3, 0.4) is 0 Å². The van der Waals surface area contributed by atoms with E-state index in [9.17, 15) is 4.79 Å². The topological polar surface area (TPSA) is 38.7 Å². The molecule has 1 amide bonds. The number of carbonyl (C=O) groups excluding carboxylic acids is 1. The second-order valence-corrected chi connectivity index (χ2v) is 2.52. The highest BCUT2D eigenvalue weighted by molar-refractivity contribution is 6.06. The van der Waals surface area contributed by atoms with Crippen molar-refractivity contribution in [2.24, 2.45) is 4.99 Å². The molecule has 0 aromatic rings. The first-order valence-corrected chi connectivity index (χ1v) is 3.45. The van der Waals surface area contributed by atoms with E-state index < -0.39 is 0 Å². The highest BCUT2D eigenvalue weighted by Crippen LogP contribution is 2.25. The van der Waals surface area contributed by atoms with Gasteiger partial charge >= 0.3 is 0 Å². The van der Waals surface area contributed by atoms with Crippen LogP contribution in [0.2, 0.25) is 0 Å². The van der Waals surface area contributed by atoms with Crippen LogP contribution in [-0.2, 0) is 9.53 Å². The fourth-order valence-corrected chi connectivity index (χ4v) is 1.16. The molecule has 0 saturated heterocycles. The molecule has 0 radical (unpaired) electrons. The van der Waals surface area contributed by atoms with Crippen LogP contribution in [0, 0.1) is 0 Å². The first-order chi connectivity index (χ1) is 5.27. The Hall–Kier alpha value is -1.38. The monoisotopic (exact) mass is 149 g/mol. The quantitative estimate of drug-likeness (QED) is 0.511. The van der Waals surface area contributed by atoms with Gasteiger partial charge < -0.3 is 4.74 Å². The summed E-state index contributed by atoms with van der Waals surface area (Å²) in [5, 5.41) is 0. The average Bonchev–Trinajstić information content (AvgIpc) is 2.31. The maximum absolute atomic E-state index is 11.0. The summed E-state index contributed by atoms with van der Waals surface area (Å²) in [4.78, 5) is 14.7. The molecule has 0 aromatic heterocycles. The Morgan fingerprint density at radius 3 is 3.18 bits per heavy atom. The van der Waals surface area contributed by atoms with Crippen LogP contribution in [0.5, 0.6) is 0 Å². The van der Waals surface area contributed by atoms with E-state index in [1.54, 1.807) is 12.2 Å². The Labute approximate surface area is 64.1 Å². The minimum absolute atomic E-state index is 0.00176. The molecule has 2 aliphatic rings. The Kier molecular flexibility index (Phi) is 1.18. The molecular formula is C8H7NO2.